The summed E-state index contributed by atoms with van der Waals surface area (Å²) >= 11 is 6.27. The molecular formula is C21H27ClN4O2. The number of hydrogen-bond acceptors (Lipinski definition) is 4. The summed E-state index contributed by atoms with van der Waals surface area (Å²) in [5.41, 5.74) is 1.78. The second-order valence-corrected chi connectivity index (χ2v) is 7.90. The molecule has 0 N–H and O–H groups in total. The first kappa shape index (κ1) is 20.6. The van der Waals surface area contributed by atoms with Crippen LogP contribution in [0.2, 0.25) is 5.02 Å². The highest BCUT2D eigenvalue weighted by molar-refractivity contribution is 6.35. The van der Waals surface area contributed by atoms with Gasteiger partial charge in [-0.25, -0.2) is 0 Å². The number of carbonyl (C=O) groups is 2. The van der Waals surface area contributed by atoms with Gasteiger partial charge in [0.05, 0.1) is 12.1 Å². The summed E-state index contributed by atoms with van der Waals surface area (Å²) in [6.45, 7) is 6.39. The molecule has 2 aromatic rings. The Balaban J connectivity index is 1.71. The number of hydrogen-bond donors (Lipinski definition) is 0. The van der Waals surface area contributed by atoms with Crippen LogP contribution in [0.1, 0.15) is 25.8 Å². The molecule has 1 aliphatic rings. The maximum absolute atomic E-state index is 12.7. The lowest BCUT2D eigenvalue weighted by Crippen LogP contribution is -2.58. The number of rotatable bonds is 6. The van der Waals surface area contributed by atoms with Gasteiger partial charge in [0.1, 0.15) is 6.54 Å². The molecule has 28 heavy (non-hydrogen) atoms. The van der Waals surface area contributed by atoms with Crippen LogP contribution in [0.4, 0.5) is 0 Å². The third kappa shape index (κ3) is 4.45. The van der Waals surface area contributed by atoms with Crippen molar-refractivity contribution < 1.29 is 9.59 Å². The summed E-state index contributed by atoms with van der Waals surface area (Å²) < 4.78 is 0. The molecule has 6 nitrogen and oxygen atoms in total. The molecule has 2 heterocycles. The van der Waals surface area contributed by atoms with Crippen molar-refractivity contribution in [1.82, 2.24) is 19.7 Å². The fourth-order valence-corrected chi connectivity index (χ4v) is 3.94. The van der Waals surface area contributed by atoms with E-state index < -0.39 is 0 Å². The minimum atomic E-state index is -0.0383. The minimum Gasteiger partial charge on any atom is -0.335 e. The number of piperazine rings is 1. The van der Waals surface area contributed by atoms with Crippen LogP contribution < -0.4 is 0 Å². The molecule has 1 aliphatic heterocycles. The number of aromatic nitrogens is 1. The highest BCUT2D eigenvalue weighted by atomic mass is 35.5. The Morgan fingerprint density at radius 1 is 1.36 bits per heavy atom. The zero-order chi connectivity index (χ0) is 20.3. The van der Waals surface area contributed by atoms with Gasteiger partial charge in [0, 0.05) is 35.7 Å². The van der Waals surface area contributed by atoms with E-state index in [9.17, 15) is 9.59 Å². The molecule has 3 rings (SSSR count). The van der Waals surface area contributed by atoms with Crippen LogP contribution in [0.25, 0.3) is 10.9 Å². The van der Waals surface area contributed by atoms with Crippen molar-refractivity contribution in [3.8, 4) is 0 Å². The molecule has 2 amide bonds. The van der Waals surface area contributed by atoms with E-state index >= 15 is 0 Å². The van der Waals surface area contributed by atoms with E-state index in [0.717, 1.165) is 29.4 Å². The predicted molar refractivity (Wildman–Crippen MR) is 111 cm³/mol. The molecule has 1 aromatic carbocycles. The molecule has 1 unspecified atom stereocenters. The monoisotopic (exact) mass is 402 g/mol. The van der Waals surface area contributed by atoms with Gasteiger partial charge in [0.2, 0.25) is 11.8 Å². The third-order valence-electron chi connectivity index (χ3n) is 5.17. The zero-order valence-electron chi connectivity index (χ0n) is 16.7. The number of likely N-dealkylation sites (N-methyl/N-ethyl adjacent to an activating group) is 1. The molecule has 0 aliphatic carbocycles. The first-order chi connectivity index (χ1) is 13.4. The fourth-order valence-electron chi connectivity index (χ4n) is 3.72. The molecule has 0 spiro atoms. The van der Waals surface area contributed by atoms with Gasteiger partial charge >= 0.3 is 0 Å². The largest absolute Gasteiger partial charge is 0.335 e. The van der Waals surface area contributed by atoms with Crippen LogP contribution in [0.3, 0.4) is 0 Å². The zero-order valence-corrected chi connectivity index (χ0v) is 17.4. The summed E-state index contributed by atoms with van der Waals surface area (Å²) in [6.07, 6.45) is 2.73. The van der Waals surface area contributed by atoms with Crippen molar-refractivity contribution in [1.29, 1.82) is 0 Å². The Morgan fingerprint density at radius 2 is 2.14 bits per heavy atom. The lowest BCUT2D eigenvalue weighted by molar-refractivity contribution is -0.149. The van der Waals surface area contributed by atoms with E-state index in [2.05, 4.69) is 11.9 Å². The standard InChI is InChI=1S/C21H27ClN4O2/c1-4-10-24(3)13-20(28)26-14-19(27)25(11-15(26)2)12-16-7-8-18(22)17-6-5-9-23-21(16)17/h5-9,15H,4,10-14H2,1-3H3. The van der Waals surface area contributed by atoms with E-state index in [1.54, 1.807) is 11.1 Å². The van der Waals surface area contributed by atoms with E-state index in [-0.39, 0.29) is 24.4 Å². The average molecular weight is 403 g/mol. The van der Waals surface area contributed by atoms with Gasteiger partial charge in [0.25, 0.3) is 0 Å². The van der Waals surface area contributed by atoms with E-state index in [4.69, 9.17) is 11.6 Å². The van der Waals surface area contributed by atoms with Crippen LogP contribution in [0, 0.1) is 0 Å². The Hall–Kier alpha value is -2.18. The van der Waals surface area contributed by atoms with Crippen LogP contribution in [0.15, 0.2) is 30.5 Å². The molecule has 0 saturated carbocycles. The maximum Gasteiger partial charge on any atom is 0.242 e. The van der Waals surface area contributed by atoms with Gasteiger partial charge in [-0.3, -0.25) is 19.5 Å². The molecule has 1 fully saturated rings. The van der Waals surface area contributed by atoms with Gasteiger partial charge in [-0.2, -0.15) is 0 Å². The van der Waals surface area contributed by atoms with Crippen LogP contribution in [-0.2, 0) is 16.1 Å². The van der Waals surface area contributed by atoms with Crippen LogP contribution in [0.5, 0.6) is 0 Å². The predicted octanol–water partition coefficient (Wildman–Crippen LogP) is 2.79. The minimum absolute atomic E-state index is 0.00931. The average Bonchev–Trinajstić information content (AvgIpc) is 2.66. The van der Waals surface area contributed by atoms with E-state index in [1.807, 2.05) is 48.0 Å². The number of carbonyl (C=O) groups excluding carboxylic acids is 2. The van der Waals surface area contributed by atoms with Crippen molar-refractivity contribution in [2.75, 3.05) is 33.2 Å². The van der Waals surface area contributed by atoms with E-state index in [1.165, 1.54) is 0 Å². The smallest absolute Gasteiger partial charge is 0.242 e. The summed E-state index contributed by atoms with van der Waals surface area (Å²) in [7, 11) is 1.93. The Labute approximate surface area is 171 Å². The molecule has 150 valence electrons. The van der Waals surface area contributed by atoms with Crippen molar-refractivity contribution >= 4 is 34.3 Å². The first-order valence-electron chi connectivity index (χ1n) is 9.68. The summed E-state index contributed by atoms with van der Waals surface area (Å²) in [5.74, 6) is -0.0290. The number of pyridine rings is 1. The first-order valence-corrected chi connectivity index (χ1v) is 10.1. The maximum atomic E-state index is 12.7. The highest BCUT2D eigenvalue weighted by Gasteiger charge is 2.32. The molecule has 1 saturated heterocycles. The molecule has 1 atom stereocenters. The summed E-state index contributed by atoms with van der Waals surface area (Å²) in [6, 6.07) is 7.53. The SMILES string of the molecule is CCCN(C)CC(=O)N1CC(=O)N(Cc2ccc(Cl)c3cccnc23)CC1C. The van der Waals surface area contributed by atoms with Crippen LogP contribution in [-0.4, -0.2) is 70.8 Å². The van der Waals surface area contributed by atoms with Gasteiger partial charge in [-0.05, 0) is 50.7 Å². The highest BCUT2D eigenvalue weighted by Crippen LogP contribution is 2.26. The molecule has 1 aromatic heterocycles. The molecular weight excluding hydrogens is 376 g/mol. The molecule has 7 heteroatoms. The van der Waals surface area contributed by atoms with Gasteiger partial charge < -0.3 is 9.80 Å². The summed E-state index contributed by atoms with van der Waals surface area (Å²) in [4.78, 5) is 35.3. The quantitative estimate of drug-likeness (QED) is 0.745. The second-order valence-electron chi connectivity index (χ2n) is 7.49. The van der Waals surface area contributed by atoms with Gasteiger partial charge in [-0.15, -0.1) is 0 Å². The van der Waals surface area contributed by atoms with Crippen molar-refractivity contribution in [2.45, 2.75) is 32.9 Å². The van der Waals surface area contributed by atoms with Crippen molar-refractivity contribution in [3.05, 3.63) is 41.0 Å². The number of fused-ring (bicyclic) bond motifs is 1. The van der Waals surface area contributed by atoms with Crippen molar-refractivity contribution in [3.63, 3.8) is 0 Å². The Kier molecular flexibility index (Phi) is 6.52. The topological polar surface area (TPSA) is 56.8 Å². The van der Waals surface area contributed by atoms with Crippen molar-refractivity contribution in [2.24, 2.45) is 0 Å². The van der Waals surface area contributed by atoms with E-state index in [0.29, 0.717) is 24.7 Å². The second kappa shape index (κ2) is 8.88. The summed E-state index contributed by atoms with van der Waals surface area (Å²) in [5, 5.41) is 1.54. The Morgan fingerprint density at radius 3 is 2.89 bits per heavy atom. The van der Waals surface area contributed by atoms with Gasteiger partial charge in [0.15, 0.2) is 0 Å². The third-order valence-corrected chi connectivity index (χ3v) is 5.50. The van der Waals surface area contributed by atoms with Crippen LogP contribution >= 0.6 is 11.6 Å². The normalized spacial score (nSPS) is 17.6. The fraction of sp³-hybridized carbons (Fsp3) is 0.476. The molecule has 0 bridgehead atoms. The number of benzene rings is 1. The Bertz CT molecular complexity index is 873. The lowest BCUT2D eigenvalue weighted by atomic mass is 10.1. The molecule has 0 radical (unpaired) electrons. The number of amides is 2. The number of halogens is 1. The van der Waals surface area contributed by atoms with Gasteiger partial charge in [-0.1, -0.05) is 24.6 Å². The number of nitrogens with zero attached hydrogens (tertiary/aromatic N) is 4. The lowest BCUT2D eigenvalue weighted by Gasteiger charge is -2.40.